The summed E-state index contributed by atoms with van der Waals surface area (Å²) in [5.74, 6) is -0.793. The van der Waals surface area contributed by atoms with Crippen LogP contribution in [0.4, 0.5) is 0 Å². The third-order valence-electron chi connectivity index (χ3n) is 1.89. The Morgan fingerprint density at radius 2 is 1.71 bits per heavy atom. The van der Waals surface area contributed by atoms with Gasteiger partial charge in [0.25, 0.3) is 11.8 Å². The molecule has 0 saturated heterocycles. The number of ether oxygens (including phenoxy) is 1. The molecule has 1 aromatic rings. The van der Waals surface area contributed by atoms with Crippen LogP contribution in [0.25, 0.3) is 0 Å². The van der Waals surface area contributed by atoms with E-state index in [1.165, 1.54) is 12.1 Å². The summed E-state index contributed by atoms with van der Waals surface area (Å²) in [6, 6.07) is 2.77. The predicted molar refractivity (Wildman–Crippen MR) is 61.6 cm³/mol. The minimum Gasteiger partial charge on any atom is -0.493 e. The van der Waals surface area contributed by atoms with Crippen LogP contribution in [-0.2, 0) is 0 Å². The molecule has 17 heavy (non-hydrogen) atoms. The number of carbonyl (C=O) groups excluding carboxylic acids is 2. The molecule has 0 aromatic carbocycles. The molecule has 0 atom stereocenters. The van der Waals surface area contributed by atoms with Crippen LogP contribution in [-0.4, -0.2) is 23.4 Å². The van der Waals surface area contributed by atoms with Crippen LogP contribution in [0.1, 0.15) is 34.8 Å². The second kappa shape index (κ2) is 5.29. The minimum atomic E-state index is -0.734. The third-order valence-corrected chi connectivity index (χ3v) is 1.89. The highest BCUT2D eigenvalue weighted by molar-refractivity contribution is 5.95. The standard InChI is InChI=1S/C11H15N3O3/c1-6(2)5-17-7-3-8(10(12)15)14-9(4-7)11(13)16/h3-4,6H,5H2,1-2H3,(H2,12,15)(H2,13,16). The number of carbonyl (C=O) groups is 2. The highest BCUT2D eigenvalue weighted by Crippen LogP contribution is 2.15. The second-order valence-corrected chi connectivity index (χ2v) is 4.01. The summed E-state index contributed by atoms with van der Waals surface area (Å²) in [4.78, 5) is 25.8. The van der Waals surface area contributed by atoms with Crippen molar-refractivity contribution in [2.75, 3.05) is 6.61 Å². The molecule has 0 aliphatic rings. The number of rotatable bonds is 5. The van der Waals surface area contributed by atoms with Crippen LogP contribution in [0.3, 0.4) is 0 Å². The number of hydrogen-bond acceptors (Lipinski definition) is 4. The van der Waals surface area contributed by atoms with E-state index < -0.39 is 11.8 Å². The van der Waals surface area contributed by atoms with Gasteiger partial charge in [0.15, 0.2) is 0 Å². The Balaban J connectivity index is 3.04. The SMILES string of the molecule is CC(C)COc1cc(C(N)=O)nc(C(N)=O)c1. The van der Waals surface area contributed by atoms with Gasteiger partial charge in [-0.2, -0.15) is 0 Å². The molecule has 92 valence electrons. The molecular formula is C11H15N3O3. The quantitative estimate of drug-likeness (QED) is 0.768. The van der Waals surface area contributed by atoms with Gasteiger partial charge in [0.05, 0.1) is 6.61 Å². The summed E-state index contributed by atoms with van der Waals surface area (Å²) in [7, 11) is 0. The lowest BCUT2D eigenvalue weighted by Crippen LogP contribution is -2.19. The van der Waals surface area contributed by atoms with Gasteiger partial charge in [0.1, 0.15) is 17.1 Å². The molecule has 0 unspecified atom stereocenters. The van der Waals surface area contributed by atoms with Crippen LogP contribution >= 0.6 is 0 Å². The first-order valence-electron chi connectivity index (χ1n) is 5.14. The Morgan fingerprint density at radius 3 is 2.06 bits per heavy atom. The predicted octanol–water partition coefficient (Wildman–Crippen LogP) is 0.314. The van der Waals surface area contributed by atoms with Crippen LogP contribution in [0, 0.1) is 5.92 Å². The van der Waals surface area contributed by atoms with Crippen molar-refractivity contribution in [3.05, 3.63) is 23.5 Å². The summed E-state index contributed by atoms with van der Waals surface area (Å²) in [6.45, 7) is 4.41. The van der Waals surface area contributed by atoms with Gasteiger partial charge in [-0.05, 0) is 5.92 Å². The van der Waals surface area contributed by atoms with Crippen molar-refractivity contribution >= 4 is 11.8 Å². The minimum absolute atomic E-state index is 0.0416. The number of primary amides is 2. The lowest BCUT2D eigenvalue weighted by Gasteiger charge is -2.10. The first-order chi connectivity index (χ1) is 7.90. The van der Waals surface area contributed by atoms with Gasteiger partial charge < -0.3 is 16.2 Å². The summed E-state index contributed by atoms with van der Waals surface area (Å²) >= 11 is 0. The molecule has 2 amide bonds. The second-order valence-electron chi connectivity index (χ2n) is 4.01. The summed E-state index contributed by atoms with van der Waals surface area (Å²) < 4.78 is 5.39. The Kier molecular flexibility index (Phi) is 4.03. The molecule has 0 aliphatic carbocycles. The van der Waals surface area contributed by atoms with E-state index in [1.807, 2.05) is 13.8 Å². The summed E-state index contributed by atoms with van der Waals surface area (Å²) in [6.07, 6.45) is 0. The zero-order chi connectivity index (χ0) is 13.0. The van der Waals surface area contributed by atoms with Crippen LogP contribution in [0.5, 0.6) is 5.75 Å². The molecule has 1 heterocycles. The molecule has 0 spiro atoms. The zero-order valence-corrected chi connectivity index (χ0v) is 9.77. The monoisotopic (exact) mass is 237 g/mol. The molecule has 0 bridgehead atoms. The molecule has 1 rings (SSSR count). The fourth-order valence-corrected chi connectivity index (χ4v) is 1.10. The van der Waals surface area contributed by atoms with Crippen LogP contribution < -0.4 is 16.2 Å². The van der Waals surface area contributed by atoms with E-state index >= 15 is 0 Å². The van der Waals surface area contributed by atoms with E-state index in [-0.39, 0.29) is 11.4 Å². The van der Waals surface area contributed by atoms with E-state index in [0.717, 1.165) is 0 Å². The van der Waals surface area contributed by atoms with Gasteiger partial charge >= 0.3 is 0 Å². The number of hydrogen-bond donors (Lipinski definition) is 2. The van der Waals surface area contributed by atoms with Gasteiger partial charge in [-0.25, -0.2) is 4.98 Å². The molecule has 4 N–H and O–H groups in total. The van der Waals surface area contributed by atoms with Crippen molar-refractivity contribution < 1.29 is 14.3 Å². The van der Waals surface area contributed by atoms with Crippen molar-refractivity contribution in [2.24, 2.45) is 17.4 Å². The molecule has 0 radical (unpaired) electrons. The molecule has 6 nitrogen and oxygen atoms in total. The van der Waals surface area contributed by atoms with Crippen LogP contribution in [0.2, 0.25) is 0 Å². The van der Waals surface area contributed by atoms with Gasteiger partial charge in [0.2, 0.25) is 0 Å². The van der Waals surface area contributed by atoms with E-state index in [2.05, 4.69) is 4.98 Å². The summed E-state index contributed by atoms with van der Waals surface area (Å²) in [5, 5.41) is 0. The molecule has 6 heteroatoms. The molecule has 0 fully saturated rings. The Morgan fingerprint density at radius 1 is 1.24 bits per heavy atom. The van der Waals surface area contributed by atoms with Crippen LogP contribution in [0.15, 0.2) is 12.1 Å². The fraction of sp³-hybridized carbons (Fsp3) is 0.364. The van der Waals surface area contributed by atoms with E-state index in [1.54, 1.807) is 0 Å². The van der Waals surface area contributed by atoms with Crippen molar-refractivity contribution in [1.82, 2.24) is 4.98 Å². The average molecular weight is 237 g/mol. The number of nitrogens with two attached hydrogens (primary N) is 2. The third kappa shape index (κ3) is 3.75. The average Bonchev–Trinajstić information content (AvgIpc) is 2.25. The number of amides is 2. The van der Waals surface area contributed by atoms with Gasteiger partial charge in [-0.3, -0.25) is 9.59 Å². The van der Waals surface area contributed by atoms with E-state index in [9.17, 15) is 9.59 Å². The molecular weight excluding hydrogens is 222 g/mol. The highest BCUT2D eigenvalue weighted by Gasteiger charge is 2.11. The smallest absolute Gasteiger partial charge is 0.267 e. The van der Waals surface area contributed by atoms with E-state index in [0.29, 0.717) is 18.3 Å². The topological polar surface area (TPSA) is 108 Å². The largest absolute Gasteiger partial charge is 0.493 e. The molecule has 1 aromatic heterocycles. The van der Waals surface area contributed by atoms with Crippen molar-refractivity contribution in [3.63, 3.8) is 0 Å². The van der Waals surface area contributed by atoms with Crippen molar-refractivity contribution in [2.45, 2.75) is 13.8 Å². The Labute approximate surface area is 99.0 Å². The maximum Gasteiger partial charge on any atom is 0.267 e. The lowest BCUT2D eigenvalue weighted by atomic mass is 10.2. The number of aromatic nitrogens is 1. The first kappa shape index (κ1) is 13.0. The van der Waals surface area contributed by atoms with Gasteiger partial charge in [-0.1, -0.05) is 13.8 Å². The molecule has 0 aliphatic heterocycles. The van der Waals surface area contributed by atoms with Gasteiger partial charge in [-0.15, -0.1) is 0 Å². The lowest BCUT2D eigenvalue weighted by molar-refractivity contribution is 0.0991. The van der Waals surface area contributed by atoms with E-state index in [4.69, 9.17) is 16.2 Å². The highest BCUT2D eigenvalue weighted by atomic mass is 16.5. The fourth-order valence-electron chi connectivity index (χ4n) is 1.10. The van der Waals surface area contributed by atoms with Crippen molar-refractivity contribution in [1.29, 1.82) is 0 Å². The Bertz CT molecular complexity index is 411. The van der Waals surface area contributed by atoms with Crippen molar-refractivity contribution in [3.8, 4) is 5.75 Å². The normalized spacial score (nSPS) is 10.3. The molecule has 0 saturated carbocycles. The number of nitrogens with zero attached hydrogens (tertiary/aromatic N) is 1. The zero-order valence-electron chi connectivity index (χ0n) is 9.77. The number of pyridine rings is 1. The van der Waals surface area contributed by atoms with Gasteiger partial charge in [0, 0.05) is 12.1 Å². The summed E-state index contributed by atoms with van der Waals surface area (Å²) in [5.41, 5.74) is 10.1. The Hall–Kier alpha value is -2.11. The maximum absolute atomic E-state index is 11.0. The maximum atomic E-state index is 11.0. The first-order valence-corrected chi connectivity index (χ1v) is 5.14.